The molecule has 17 heavy (non-hydrogen) atoms. The van der Waals surface area contributed by atoms with Gasteiger partial charge < -0.3 is 9.90 Å². The van der Waals surface area contributed by atoms with E-state index in [4.69, 9.17) is 0 Å². The Balaban J connectivity index is 2.28. The minimum Gasteiger partial charge on any atom is -0.550 e. The summed E-state index contributed by atoms with van der Waals surface area (Å²) in [6.45, 7) is 0. The first-order valence-electron chi connectivity index (χ1n) is 5.92. The second-order valence-electron chi connectivity index (χ2n) is 4.56. The molecule has 0 aliphatic heterocycles. The molecule has 1 saturated carbocycles. The number of hydrogen-bond donors (Lipinski definition) is 0. The number of ketones is 1. The van der Waals surface area contributed by atoms with Crippen LogP contribution in [-0.4, -0.2) is 11.8 Å². The summed E-state index contributed by atoms with van der Waals surface area (Å²) in [5.41, 5.74) is -0.549. The van der Waals surface area contributed by atoms with Crippen molar-refractivity contribution in [3.05, 3.63) is 22.4 Å². The third-order valence-corrected chi connectivity index (χ3v) is 4.61. The van der Waals surface area contributed by atoms with Crippen LogP contribution in [0.1, 0.15) is 43.4 Å². The van der Waals surface area contributed by atoms with Gasteiger partial charge in [-0.15, -0.1) is 11.3 Å². The summed E-state index contributed by atoms with van der Waals surface area (Å²) in [6.07, 6.45) is 3.62. The molecule has 3 nitrogen and oxygen atoms in total. The standard InChI is InChI=1S/C13H16O3S/c14-10-4-1-2-7-13(10,8-6-12(15)16)11-5-3-9-17-11/h3,5,9H,1-2,4,6-8H2,(H,15,16)/p-1/t13-/m1/s1. The molecule has 0 N–H and O–H groups in total. The maximum absolute atomic E-state index is 12.2. The van der Waals surface area contributed by atoms with Crippen LogP contribution in [0.5, 0.6) is 0 Å². The first-order valence-corrected chi connectivity index (χ1v) is 6.80. The topological polar surface area (TPSA) is 57.2 Å². The van der Waals surface area contributed by atoms with Crippen molar-refractivity contribution in [1.29, 1.82) is 0 Å². The molecule has 1 heterocycles. The second-order valence-corrected chi connectivity index (χ2v) is 5.51. The van der Waals surface area contributed by atoms with E-state index in [2.05, 4.69) is 0 Å². The third-order valence-electron chi connectivity index (χ3n) is 3.54. The number of hydrogen-bond acceptors (Lipinski definition) is 4. The SMILES string of the molecule is O=C([O-])CC[C@]1(c2cccs2)CCCCC1=O. The molecule has 1 fully saturated rings. The Hall–Kier alpha value is -1.16. The van der Waals surface area contributed by atoms with Gasteiger partial charge in [0, 0.05) is 17.3 Å². The van der Waals surface area contributed by atoms with E-state index in [1.807, 2.05) is 17.5 Å². The summed E-state index contributed by atoms with van der Waals surface area (Å²) in [5.74, 6) is -0.869. The van der Waals surface area contributed by atoms with Crippen LogP contribution in [-0.2, 0) is 15.0 Å². The van der Waals surface area contributed by atoms with Crippen LogP contribution in [0, 0.1) is 0 Å². The zero-order valence-electron chi connectivity index (χ0n) is 9.61. The van der Waals surface area contributed by atoms with E-state index < -0.39 is 11.4 Å². The zero-order valence-corrected chi connectivity index (χ0v) is 10.4. The van der Waals surface area contributed by atoms with Crippen LogP contribution >= 0.6 is 11.3 Å². The Kier molecular flexibility index (Phi) is 3.62. The van der Waals surface area contributed by atoms with Gasteiger partial charge in [-0.1, -0.05) is 12.5 Å². The maximum Gasteiger partial charge on any atom is 0.144 e. The highest BCUT2D eigenvalue weighted by Gasteiger charge is 2.41. The number of Topliss-reactive ketones (excluding diaryl/α,β-unsaturated/α-hetero) is 1. The molecule has 1 aromatic heterocycles. The van der Waals surface area contributed by atoms with Crippen molar-refractivity contribution >= 4 is 23.1 Å². The van der Waals surface area contributed by atoms with Gasteiger partial charge in [-0.05, 0) is 37.1 Å². The number of carbonyl (C=O) groups excluding carboxylic acids is 2. The van der Waals surface area contributed by atoms with Gasteiger partial charge >= 0.3 is 0 Å². The maximum atomic E-state index is 12.2. The van der Waals surface area contributed by atoms with Gasteiger partial charge in [0.25, 0.3) is 0 Å². The van der Waals surface area contributed by atoms with E-state index in [9.17, 15) is 14.7 Å². The van der Waals surface area contributed by atoms with Gasteiger partial charge in [-0.2, -0.15) is 0 Å². The molecule has 92 valence electrons. The number of rotatable bonds is 4. The highest BCUT2D eigenvalue weighted by atomic mass is 32.1. The quantitative estimate of drug-likeness (QED) is 0.817. The lowest BCUT2D eigenvalue weighted by Crippen LogP contribution is -2.39. The molecule has 1 aromatic rings. The predicted octanol–water partition coefficient (Wildman–Crippen LogP) is 1.66. The summed E-state index contributed by atoms with van der Waals surface area (Å²) >= 11 is 1.55. The Morgan fingerprint density at radius 3 is 2.88 bits per heavy atom. The molecule has 1 atom stereocenters. The number of carboxylic acid groups (broad SMARTS) is 1. The molecule has 0 unspecified atom stereocenters. The summed E-state index contributed by atoms with van der Waals surface area (Å²) in [7, 11) is 0. The Morgan fingerprint density at radius 1 is 1.47 bits per heavy atom. The number of carboxylic acids is 1. The minimum absolute atomic E-state index is 0.0381. The third kappa shape index (κ3) is 2.41. The van der Waals surface area contributed by atoms with Gasteiger partial charge in [0.1, 0.15) is 5.78 Å². The molecule has 0 spiro atoms. The first-order chi connectivity index (χ1) is 8.15. The summed E-state index contributed by atoms with van der Waals surface area (Å²) in [6, 6.07) is 3.87. The highest BCUT2D eigenvalue weighted by molar-refractivity contribution is 7.10. The van der Waals surface area contributed by atoms with Crippen molar-refractivity contribution in [3.8, 4) is 0 Å². The second kappa shape index (κ2) is 5.00. The average Bonchev–Trinajstić information content (AvgIpc) is 2.82. The number of thiophene rings is 1. The fourth-order valence-electron chi connectivity index (χ4n) is 2.61. The molecule has 0 saturated heterocycles. The van der Waals surface area contributed by atoms with Crippen molar-refractivity contribution in [1.82, 2.24) is 0 Å². The van der Waals surface area contributed by atoms with Crippen molar-refractivity contribution in [2.24, 2.45) is 0 Å². The Labute approximate surface area is 104 Å². The lowest BCUT2D eigenvalue weighted by molar-refractivity contribution is -0.306. The van der Waals surface area contributed by atoms with Crippen LogP contribution in [0.15, 0.2) is 17.5 Å². The van der Waals surface area contributed by atoms with E-state index >= 15 is 0 Å². The van der Waals surface area contributed by atoms with Gasteiger partial charge in [-0.3, -0.25) is 4.79 Å². The van der Waals surface area contributed by atoms with E-state index in [0.717, 1.165) is 24.1 Å². The van der Waals surface area contributed by atoms with Crippen molar-refractivity contribution in [2.45, 2.75) is 43.9 Å². The van der Waals surface area contributed by atoms with E-state index in [-0.39, 0.29) is 12.2 Å². The minimum atomic E-state index is -1.07. The summed E-state index contributed by atoms with van der Waals surface area (Å²) in [5, 5.41) is 12.6. The van der Waals surface area contributed by atoms with Crippen LogP contribution < -0.4 is 5.11 Å². The molecule has 0 radical (unpaired) electrons. The van der Waals surface area contributed by atoms with Crippen LogP contribution in [0.25, 0.3) is 0 Å². The zero-order chi connectivity index (χ0) is 12.3. The molecule has 4 heteroatoms. The summed E-state index contributed by atoms with van der Waals surface area (Å²) < 4.78 is 0. The van der Waals surface area contributed by atoms with E-state index in [1.54, 1.807) is 11.3 Å². The Morgan fingerprint density at radius 2 is 2.29 bits per heavy atom. The monoisotopic (exact) mass is 251 g/mol. The smallest absolute Gasteiger partial charge is 0.144 e. The molecule has 1 aliphatic rings. The lowest BCUT2D eigenvalue weighted by atomic mass is 9.69. The Bertz CT molecular complexity index is 410. The fraction of sp³-hybridized carbons (Fsp3) is 0.538. The average molecular weight is 251 g/mol. The van der Waals surface area contributed by atoms with Gasteiger partial charge in [0.15, 0.2) is 0 Å². The van der Waals surface area contributed by atoms with Crippen LogP contribution in [0.3, 0.4) is 0 Å². The molecule has 0 bridgehead atoms. The number of carbonyl (C=O) groups is 2. The van der Waals surface area contributed by atoms with Crippen LogP contribution in [0.4, 0.5) is 0 Å². The molecular weight excluding hydrogens is 236 g/mol. The lowest BCUT2D eigenvalue weighted by Gasteiger charge is -2.35. The molecule has 0 aromatic carbocycles. The molecule has 0 amide bonds. The summed E-state index contributed by atoms with van der Waals surface area (Å²) in [4.78, 5) is 23.9. The van der Waals surface area contributed by atoms with E-state index in [1.165, 1.54) is 0 Å². The predicted molar refractivity (Wildman–Crippen MR) is 63.7 cm³/mol. The largest absolute Gasteiger partial charge is 0.550 e. The molecular formula is C13H15O3S-. The van der Waals surface area contributed by atoms with Crippen LogP contribution in [0.2, 0.25) is 0 Å². The van der Waals surface area contributed by atoms with Gasteiger partial charge in [0.2, 0.25) is 0 Å². The van der Waals surface area contributed by atoms with E-state index in [0.29, 0.717) is 12.8 Å². The van der Waals surface area contributed by atoms with Crippen molar-refractivity contribution < 1.29 is 14.7 Å². The number of aliphatic carboxylic acids is 1. The van der Waals surface area contributed by atoms with Crippen molar-refractivity contribution in [2.75, 3.05) is 0 Å². The molecule has 2 rings (SSSR count). The highest BCUT2D eigenvalue weighted by Crippen LogP contribution is 2.42. The van der Waals surface area contributed by atoms with Gasteiger partial charge in [-0.25, -0.2) is 0 Å². The fourth-order valence-corrected chi connectivity index (χ4v) is 3.61. The first kappa shape index (κ1) is 12.3. The normalized spacial score (nSPS) is 24.8. The van der Waals surface area contributed by atoms with Crippen molar-refractivity contribution in [3.63, 3.8) is 0 Å². The van der Waals surface area contributed by atoms with Gasteiger partial charge in [0.05, 0.1) is 5.41 Å². The molecule has 1 aliphatic carbocycles.